The number of hydrogen-bond donors (Lipinski definition) is 2. The minimum atomic E-state index is -0.270. The molecule has 2 N–H and O–H groups in total. The molecule has 0 spiro atoms. The third-order valence-corrected chi connectivity index (χ3v) is 4.47. The topological polar surface area (TPSA) is 72.7 Å². The van der Waals surface area contributed by atoms with Crippen LogP contribution in [0.25, 0.3) is 11.3 Å². The van der Waals surface area contributed by atoms with Gasteiger partial charge in [0.05, 0.1) is 20.8 Å². The number of furan rings is 1. The number of carbonyl (C=O) groups excluding carboxylic acids is 1. The molecular weight excluding hydrogens is 352 g/mol. The Morgan fingerprint density at radius 1 is 1.04 bits per heavy atom. The summed E-state index contributed by atoms with van der Waals surface area (Å²) in [5, 5.41) is 9.60. The Hall–Kier alpha value is -2.93. The van der Waals surface area contributed by atoms with E-state index in [1.54, 1.807) is 25.6 Å². The van der Waals surface area contributed by atoms with Crippen LogP contribution in [0.3, 0.4) is 0 Å². The van der Waals surface area contributed by atoms with Gasteiger partial charge in [-0.25, -0.2) is 4.79 Å². The Morgan fingerprint density at radius 3 is 2.58 bits per heavy atom. The van der Waals surface area contributed by atoms with Gasteiger partial charge in [-0.05, 0) is 41.3 Å². The molecule has 3 aromatic rings. The molecule has 0 unspecified atom stereocenters. The van der Waals surface area contributed by atoms with Crippen molar-refractivity contribution in [3.63, 3.8) is 0 Å². The van der Waals surface area contributed by atoms with E-state index in [4.69, 9.17) is 13.9 Å². The number of urea groups is 1. The maximum Gasteiger partial charge on any atom is 0.315 e. The molecule has 0 aliphatic carbocycles. The van der Waals surface area contributed by atoms with Crippen molar-refractivity contribution in [3.05, 3.63) is 58.5 Å². The van der Waals surface area contributed by atoms with E-state index in [0.717, 1.165) is 16.9 Å². The van der Waals surface area contributed by atoms with Crippen molar-refractivity contribution < 1.29 is 18.7 Å². The van der Waals surface area contributed by atoms with Crippen LogP contribution in [0.5, 0.6) is 11.5 Å². The monoisotopic (exact) mass is 372 g/mol. The van der Waals surface area contributed by atoms with Crippen LogP contribution in [-0.2, 0) is 13.1 Å². The van der Waals surface area contributed by atoms with Crippen molar-refractivity contribution in [1.82, 2.24) is 10.6 Å². The molecule has 1 aromatic carbocycles. The molecule has 0 atom stereocenters. The highest BCUT2D eigenvalue weighted by Gasteiger charge is 2.08. The molecule has 0 saturated carbocycles. The highest BCUT2D eigenvalue weighted by molar-refractivity contribution is 7.08. The van der Waals surface area contributed by atoms with E-state index in [-0.39, 0.29) is 6.03 Å². The van der Waals surface area contributed by atoms with Crippen molar-refractivity contribution in [1.29, 1.82) is 0 Å². The van der Waals surface area contributed by atoms with Crippen molar-refractivity contribution in [3.8, 4) is 22.8 Å². The predicted octanol–water partition coefficient (Wildman–Crippen LogP) is 4.02. The molecule has 2 heterocycles. The number of methoxy groups -OCH3 is 2. The second-order valence-electron chi connectivity index (χ2n) is 5.50. The first-order chi connectivity index (χ1) is 12.7. The number of amides is 2. The van der Waals surface area contributed by atoms with E-state index in [1.807, 2.05) is 47.2 Å². The second-order valence-corrected chi connectivity index (χ2v) is 6.28. The number of rotatable bonds is 7. The zero-order chi connectivity index (χ0) is 18.4. The highest BCUT2D eigenvalue weighted by atomic mass is 32.1. The number of thiophene rings is 1. The third kappa shape index (κ3) is 4.37. The van der Waals surface area contributed by atoms with Crippen LogP contribution in [0, 0.1) is 0 Å². The standard InChI is InChI=1S/C19H20N2O4S/c1-23-17-5-3-13(9-18(17)24-2)10-20-19(22)21-11-15-4-6-16(25-15)14-7-8-26-12-14/h3-9,12H,10-11H2,1-2H3,(H2,20,21,22). The van der Waals surface area contributed by atoms with Crippen LogP contribution in [0.15, 0.2) is 51.6 Å². The van der Waals surface area contributed by atoms with Crippen molar-refractivity contribution in [2.24, 2.45) is 0 Å². The van der Waals surface area contributed by atoms with Crippen LogP contribution in [0.2, 0.25) is 0 Å². The summed E-state index contributed by atoms with van der Waals surface area (Å²) < 4.78 is 16.2. The van der Waals surface area contributed by atoms with Gasteiger partial charge in [-0.2, -0.15) is 11.3 Å². The van der Waals surface area contributed by atoms with Gasteiger partial charge < -0.3 is 24.5 Å². The van der Waals surface area contributed by atoms with Gasteiger partial charge in [0.1, 0.15) is 11.5 Å². The molecule has 0 bridgehead atoms. The van der Waals surface area contributed by atoms with Gasteiger partial charge in [0.15, 0.2) is 11.5 Å². The van der Waals surface area contributed by atoms with Gasteiger partial charge in [0.25, 0.3) is 0 Å². The van der Waals surface area contributed by atoms with Gasteiger partial charge in [0, 0.05) is 17.5 Å². The van der Waals surface area contributed by atoms with Crippen molar-refractivity contribution in [2.75, 3.05) is 14.2 Å². The lowest BCUT2D eigenvalue weighted by atomic mass is 10.2. The fourth-order valence-electron chi connectivity index (χ4n) is 2.44. The van der Waals surface area contributed by atoms with E-state index >= 15 is 0 Å². The fourth-order valence-corrected chi connectivity index (χ4v) is 3.08. The third-order valence-electron chi connectivity index (χ3n) is 3.79. The number of benzene rings is 1. The van der Waals surface area contributed by atoms with E-state index in [9.17, 15) is 4.79 Å². The number of carbonyl (C=O) groups is 1. The minimum Gasteiger partial charge on any atom is -0.493 e. The quantitative estimate of drug-likeness (QED) is 0.657. The van der Waals surface area contributed by atoms with Crippen molar-refractivity contribution >= 4 is 17.4 Å². The lowest BCUT2D eigenvalue weighted by molar-refractivity contribution is 0.239. The fraction of sp³-hybridized carbons (Fsp3) is 0.211. The molecule has 2 amide bonds. The smallest absolute Gasteiger partial charge is 0.315 e. The molecule has 26 heavy (non-hydrogen) atoms. The molecule has 0 aliphatic rings. The Labute approximate surface area is 155 Å². The summed E-state index contributed by atoms with van der Waals surface area (Å²) in [7, 11) is 3.16. The predicted molar refractivity (Wildman–Crippen MR) is 101 cm³/mol. The van der Waals surface area contributed by atoms with Crippen molar-refractivity contribution in [2.45, 2.75) is 13.1 Å². The summed E-state index contributed by atoms with van der Waals surface area (Å²) in [6.45, 7) is 0.701. The maximum atomic E-state index is 12.0. The highest BCUT2D eigenvalue weighted by Crippen LogP contribution is 2.27. The van der Waals surface area contributed by atoms with E-state index < -0.39 is 0 Å². The lowest BCUT2D eigenvalue weighted by Crippen LogP contribution is -2.34. The molecule has 0 aliphatic heterocycles. The number of hydrogen-bond acceptors (Lipinski definition) is 5. The van der Waals surface area contributed by atoms with Crippen LogP contribution in [-0.4, -0.2) is 20.3 Å². The van der Waals surface area contributed by atoms with Gasteiger partial charge in [0.2, 0.25) is 0 Å². The Bertz CT molecular complexity index is 858. The van der Waals surface area contributed by atoms with Gasteiger partial charge in [-0.3, -0.25) is 0 Å². The summed E-state index contributed by atoms with van der Waals surface area (Å²) >= 11 is 1.61. The van der Waals surface area contributed by atoms with E-state index in [2.05, 4.69) is 10.6 Å². The summed E-state index contributed by atoms with van der Waals surface area (Å²) in [5.74, 6) is 2.78. The molecule has 136 valence electrons. The molecule has 0 saturated heterocycles. The zero-order valence-corrected chi connectivity index (χ0v) is 15.4. The minimum absolute atomic E-state index is 0.270. The molecule has 0 radical (unpaired) electrons. The van der Waals surface area contributed by atoms with Gasteiger partial charge >= 0.3 is 6.03 Å². The first kappa shape index (κ1) is 17.9. The zero-order valence-electron chi connectivity index (χ0n) is 14.6. The maximum absolute atomic E-state index is 12.0. The largest absolute Gasteiger partial charge is 0.493 e. The summed E-state index contributed by atoms with van der Waals surface area (Å²) in [6, 6.07) is 11.0. The first-order valence-corrected chi connectivity index (χ1v) is 8.97. The average Bonchev–Trinajstić information content (AvgIpc) is 3.35. The Kier molecular flexibility index (Phi) is 5.80. The SMILES string of the molecule is COc1ccc(CNC(=O)NCc2ccc(-c3ccsc3)o2)cc1OC. The molecule has 3 rings (SSSR count). The first-order valence-electron chi connectivity index (χ1n) is 8.03. The Balaban J connectivity index is 1.49. The molecule has 2 aromatic heterocycles. The van der Waals surface area contributed by atoms with Crippen LogP contribution >= 0.6 is 11.3 Å². The molecule has 0 fully saturated rings. The Morgan fingerprint density at radius 2 is 1.85 bits per heavy atom. The van der Waals surface area contributed by atoms with Gasteiger partial charge in [-0.1, -0.05) is 6.07 Å². The summed E-state index contributed by atoms with van der Waals surface area (Å²) in [5.41, 5.74) is 1.95. The summed E-state index contributed by atoms with van der Waals surface area (Å²) in [4.78, 5) is 12.0. The van der Waals surface area contributed by atoms with Crippen LogP contribution in [0.4, 0.5) is 4.79 Å². The van der Waals surface area contributed by atoms with Gasteiger partial charge in [-0.15, -0.1) is 0 Å². The second kappa shape index (κ2) is 8.44. The normalized spacial score (nSPS) is 10.4. The number of nitrogens with one attached hydrogen (secondary N) is 2. The van der Waals surface area contributed by atoms with Crippen LogP contribution < -0.4 is 20.1 Å². The lowest BCUT2D eigenvalue weighted by Gasteiger charge is -2.10. The molecule has 6 nitrogen and oxygen atoms in total. The van der Waals surface area contributed by atoms with E-state index in [0.29, 0.717) is 30.3 Å². The van der Waals surface area contributed by atoms with Crippen LogP contribution in [0.1, 0.15) is 11.3 Å². The molecular formula is C19H20N2O4S. The number of ether oxygens (including phenoxy) is 2. The average molecular weight is 372 g/mol. The molecule has 7 heteroatoms. The van der Waals surface area contributed by atoms with E-state index in [1.165, 1.54) is 0 Å². The summed E-state index contributed by atoms with van der Waals surface area (Å²) in [6.07, 6.45) is 0.